The smallest absolute Gasteiger partial charge is 0.251 e. The molecular weight excluding hydrogens is 574 g/mol. The van der Waals surface area contributed by atoms with Gasteiger partial charge in [-0.1, -0.05) is 20.8 Å². The second kappa shape index (κ2) is 14.4. The van der Waals surface area contributed by atoms with Gasteiger partial charge in [0.05, 0.1) is 34.9 Å². The highest BCUT2D eigenvalue weighted by molar-refractivity contribution is 5.88. The Bertz CT molecular complexity index is 1400. The zero-order valence-electron chi connectivity index (χ0n) is 25.3. The summed E-state index contributed by atoms with van der Waals surface area (Å²) in [4.78, 5) is 14.9. The van der Waals surface area contributed by atoms with Crippen LogP contribution < -0.4 is 11.1 Å². The first-order valence-electron chi connectivity index (χ1n) is 14.4. The zero-order valence-corrected chi connectivity index (χ0v) is 25.3. The largest absolute Gasteiger partial charge is 0.382 e. The lowest BCUT2D eigenvalue weighted by molar-refractivity contribution is -0.131. The monoisotopic (exact) mass is 614 g/mol. The fraction of sp³-hybridized carbons (Fsp3) is 0.586. The molecule has 3 N–H and O–H groups in total. The van der Waals surface area contributed by atoms with Crippen molar-refractivity contribution in [2.75, 3.05) is 24.1 Å². The van der Waals surface area contributed by atoms with Gasteiger partial charge in [-0.15, -0.1) is 5.10 Å². The van der Waals surface area contributed by atoms with Crippen LogP contribution in [0.15, 0.2) is 23.3 Å². The van der Waals surface area contributed by atoms with Crippen molar-refractivity contribution in [1.29, 1.82) is 0 Å². The number of hydrogen-bond acceptors (Lipinski definition) is 7. The van der Waals surface area contributed by atoms with Gasteiger partial charge in [-0.25, -0.2) is 30.9 Å². The van der Waals surface area contributed by atoms with E-state index in [1.54, 1.807) is 24.0 Å². The predicted molar refractivity (Wildman–Crippen MR) is 158 cm³/mol. The second-order valence-electron chi connectivity index (χ2n) is 10.6. The van der Waals surface area contributed by atoms with Gasteiger partial charge in [0.15, 0.2) is 11.6 Å². The average molecular weight is 615 g/mol. The van der Waals surface area contributed by atoms with Crippen LogP contribution in [0.4, 0.5) is 43.8 Å². The number of piperidine rings is 1. The Balaban J connectivity index is 0.000000657. The summed E-state index contributed by atoms with van der Waals surface area (Å²) in [7, 11) is 0. The average Bonchev–Trinajstić information content (AvgIpc) is 3.27. The van der Waals surface area contributed by atoms with E-state index < -0.39 is 30.4 Å². The summed E-state index contributed by atoms with van der Waals surface area (Å²) >= 11 is 0. The number of likely N-dealkylation sites (tertiary alicyclic amines) is 1. The first-order chi connectivity index (χ1) is 20.3. The number of nitrogens with zero attached hydrogens (tertiary/aromatic N) is 6. The molecule has 1 saturated heterocycles. The number of aryl methyl sites for hydroxylation is 1. The highest BCUT2D eigenvalue weighted by Crippen LogP contribution is 2.41. The fourth-order valence-corrected chi connectivity index (χ4v) is 4.91. The number of fused-ring (bicyclic) bond motifs is 1. The third-order valence-corrected chi connectivity index (χ3v) is 7.05. The van der Waals surface area contributed by atoms with Crippen LogP contribution in [0.1, 0.15) is 66.0 Å². The van der Waals surface area contributed by atoms with Crippen molar-refractivity contribution in [3.05, 3.63) is 29.8 Å². The number of aliphatic imine (C=N–C) groups is 1. The molecule has 1 aliphatic carbocycles. The van der Waals surface area contributed by atoms with E-state index in [1.807, 2.05) is 27.7 Å². The van der Waals surface area contributed by atoms with Crippen molar-refractivity contribution in [3.8, 4) is 11.3 Å². The Hall–Kier alpha value is -3.42. The van der Waals surface area contributed by atoms with Crippen LogP contribution in [-0.2, 0) is 0 Å². The van der Waals surface area contributed by atoms with Crippen molar-refractivity contribution in [3.63, 3.8) is 0 Å². The zero-order chi connectivity index (χ0) is 32.1. The van der Waals surface area contributed by atoms with Crippen LogP contribution in [-0.4, -0.2) is 73.9 Å². The third kappa shape index (κ3) is 8.36. The molecule has 2 fully saturated rings. The Morgan fingerprint density at radius 1 is 1.19 bits per heavy atom. The molecule has 3 aromatic rings. The van der Waals surface area contributed by atoms with Gasteiger partial charge in [-0.05, 0) is 39.3 Å². The Kier molecular flexibility index (Phi) is 11.4. The minimum atomic E-state index is -2.64. The van der Waals surface area contributed by atoms with Gasteiger partial charge in [0.2, 0.25) is 12.4 Å². The van der Waals surface area contributed by atoms with E-state index in [0.29, 0.717) is 30.0 Å². The molecule has 43 heavy (non-hydrogen) atoms. The maximum atomic E-state index is 15.0. The SMILES string of the molecule is CC.CC(C)=Nc1ccc(-c2c(F)cn3nc(NC4CCN(C5CC(F)(F)C5)CC4F)nc(N)c23)nc1C.CCC(F)F. The normalized spacial score (nSPS) is 20.0. The minimum Gasteiger partial charge on any atom is -0.382 e. The molecule has 1 saturated carbocycles. The maximum Gasteiger partial charge on any atom is 0.251 e. The van der Waals surface area contributed by atoms with E-state index in [9.17, 15) is 22.0 Å². The molecule has 2 atom stereocenters. The van der Waals surface area contributed by atoms with Crippen LogP contribution in [0.5, 0.6) is 0 Å². The fourth-order valence-electron chi connectivity index (χ4n) is 4.91. The summed E-state index contributed by atoms with van der Waals surface area (Å²) in [5.41, 5.74) is 9.18. The molecule has 238 valence electrons. The summed E-state index contributed by atoms with van der Waals surface area (Å²) in [5, 5.41) is 7.25. The van der Waals surface area contributed by atoms with Gasteiger partial charge in [0.1, 0.15) is 11.7 Å². The number of nitrogens with one attached hydrogen (secondary N) is 1. The molecule has 1 aliphatic heterocycles. The molecule has 3 aromatic heterocycles. The first-order valence-corrected chi connectivity index (χ1v) is 14.4. The second-order valence-corrected chi connectivity index (χ2v) is 10.6. The lowest BCUT2D eigenvalue weighted by atomic mass is 9.85. The molecule has 0 amide bonds. The van der Waals surface area contributed by atoms with E-state index >= 15 is 4.39 Å². The molecule has 0 radical (unpaired) electrons. The third-order valence-electron chi connectivity index (χ3n) is 7.05. The number of halogens is 6. The molecule has 0 bridgehead atoms. The van der Waals surface area contributed by atoms with E-state index in [-0.39, 0.29) is 54.7 Å². The number of aromatic nitrogens is 4. The highest BCUT2D eigenvalue weighted by Gasteiger charge is 2.49. The van der Waals surface area contributed by atoms with Gasteiger partial charge in [0.25, 0.3) is 5.92 Å². The standard InChI is InChI=1S/C24H28F4N8.C3H6F2.C2H6/c1-12(2)30-17-4-5-19(31-13(17)3)20-16(26)11-36-21(20)22(29)33-23(34-36)32-18-6-7-35(10-15(18)25)14-8-24(27,28)9-14;1-2-3(4)5;1-2/h4-5,11,14-15,18H,6-10H2,1-3H3,(H3,29,32,33,34);3H,2H2,1H3;1-2H3. The number of alkyl halides is 5. The van der Waals surface area contributed by atoms with Crippen molar-refractivity contribution in [2.45, 2.75) is 97.8 Å². The van der Waals surface area contributed by atoms with Gasteiger partial charge < -0.3 is 11.1 Å². The van der Waals surface area contributed by atoms with Crippen molar-refractivity contribution in [1.82, 2.24) is 24.5 Å². The van der Waals surface area contributed by atoms with Gasteiger partial charge in [-0.2, -0.15) is 4.98 Å². The first kappa shape index (κ1) is 34.1. The van der Waals surface area contributed by atoms with E-state index in [1.165, 1.54) is 17.6 Å². The van der Waals surface area contributed by atoms with E-state index in [2.05, 4.69) is 25.4 Å². The van der Waals surface area contributed by atoms with Crippen LogP contribution in [0, 0.1) is 12.7 Å². The molecule has 2 unspecified atom stereocenters. The molecule has 14 heteroatoms. The predicted octanol–water partition coefficient (Wildman–Crippen LogP) is 7.24. The van der Waals surface area contributed by atoms with Gasteiger partial charge in [0, 0.05) is 44.1 Å². The number of nitrogen functional groups attached to an aromatic ring is 1. The Morgan fingerprint density at radius 2 is 1.84 bits per heavy atom. The summed E-state index contributed by atoms with van der Waals surface area (Å²) in [6.45, 7) is 11.5. The van der Waals surface area contributed by atoms with Crippen LogP contribution >= 0.6 is 0 Å². The summed E-state index contributed by atoms with van der Waals surface area (Å²) in [6, 6.07) is 2.53. The van der Waals surface area contributed by atoms with Crippen LogP contribution in [0.25, 0.3) is 16.8 Å². The lowest BCUT2D eigenvalue weighted by Gasteiger charge is -2.46. The quantitative estimate of drug-likeness (QED) is 0.224. The number of pyridine rings is 1. The minimum absolute atomic E-state index is 0.0156. The maximum absolute atomic E-state index is 15.0. The molecule has 0 spiro atoms. The molecule has 4 heterocycles. The van der Waals surface area contributed by atoms with Gasteiger partial charge >= 0.3 is 0 Å². The Morgan fingerprint density at radius 3 is 2.37 bits per heavy atom. The van der Waals surface area contributed by atoms with Crippen LogP contribution in [0.2, 0.25) is 0 Å². The van der Waals surface area contributed by atoms with Gasteiger partial charge in [-0.3, -0.25) is 14.9 Å². The summed E-state index contributed by atoms with van der Waals surface area (Å²) in [5.74, 6) is -3.14. The number of rotatable bonds is 6. The number of nitrogens with two attached hydrogens (primary N) is 1. The van der Waals surface area contributed by atoms with E-state index in [0.717, 1.165) is 5.71 Å². The van der Waals surface area contributed by atoms with Crippen molar-refractivity contribution >= 4 is 28.7 Å². The Labute approximate surface area is 247 Å². The topological polar surface area (TPSA) is 96.7 Å². The summed E-state index contributed by atoms with van der Waals surface area (Å²) < 4.78 is 79.1. The lowest BCUT2D eigenvalue weighted by Crippen LogP contribution is -2.57. The van der Waals surface area contributed by atoms with E-state index in [4.69, 9.17) is 5.73 Å². The molecule has 0 aromatic carbocycles. The number of anilines is 2. The molecule has 2 aliphatic rings. The molecule has 5 rings (SSSR count). The number of hydrogen-bond donors (Lipinski definition) is 2. The highest BCUT2D eigenvalue weighted by atomic mass is 19.3. The van der Waals surface area contributed by atoms with Crippen molar-refractivity contribution in [2.24, 2.45) is 4.99 Å². The van der Waals surface area contributed by atoms with Crippen molar-refractivity contribution < 1.29 is 26.3 Å². The molecule has 8 nitrogen and oxygen atoms in total. The molecular formula is C29H40F6N8. The summed E-state index contributed by atoms with van der Waals surface area (Å²) in [6.07, 6.45) is -2.32. The van der Waals surface area contributed by atoms with Crippen LogP contribution in [0.3, 0.4) is 0 Å².